The monoisotopic (exact) mass is 432 g/mol. The molecule has 0 spiro atoms. The summed E-state index contributed by atoms with van der Waals surface area (Å²) in [6.07, 6.45) is 0. The van der Waals surface area contributed by atoms with Crippen molar-refractivity contribution in [3.63, 3.8) is 0 Å². The van der Waals surface area contributed by atoms with Gasteiger partial charge in [-0.1, -0.05) is 52.6 Å². The van der Waals surface area contributed by atoms with Gasteiger partial charge in [0.2, 0.25) is 11.1 Å². The summed E-state index contributed by atoms with van der Waals surface area (Å²) in [5.74, 6) is 0.410. The van der Waals surface area contributed by atoms with E-state index in [9.17, 15) is 4.79 Å². The second kappa shape index (κ2) is 7.97. The summed E-state index contributed by atoms with van der Waals surface area (Å²) in [6.45, 7) is 1.75. The average molecular weight is 434 g/mol. The van der Waals surface area contributed by atoms with Crippen LogP contribution in [0.3, 0.4) is 0 Å². The Morgan fingerprint density at radius 1 is 1.32 bits per heavy atom. The smallest absolute Gasteiger partial charge is 0.237 e. The maximum atomic E-state index is 12.4. The fraction of sp³-hybridized carbons (Fsp3) is 0.133. The van der Waals surface area contributed by atoms with E-state index in [1.54, 1.807) is 18.3 Å². The van der Waals surface area contributed by atoms with Crippen molar-refractivity contribution in [3.8, 4) is 10.7 Å². The zero-order valence-corrected chi connectivity index (χ0v) is 16.6. The van der Waals surface area contributed by atoms with E-state index >= 15 is 0 Å². The van der Waals surface area contributed by atoms with E-state index in [4.69, 9.17) is 34.8 Å². The van der Waals surface area contributed by atoms with Crippen LogP contribution in [0.1, 0.15) is 6.92 Å². The Bertz CT molecular complexity index is 875. The second-order valence-electron chi connectivity index (χ2n) is 4.94. The van der Waals surface area contributed by atoms with Crippen molar-refractivity contribution in [1.29, 1.82) is 0 Å². The van der Waals surface area contributed by atoms with Crippen molar-refractivity contribution in [3.05, 3.63) is 44.7 Å². The molecule has 1 unspecified atom stereocenters. The molecule has 1 amide bonds. The normalized spacial score (nSPS) is 12.2. The third-order valence-corrected chi connectivity index (χ3v) is 5.78. The highest BCUT2D eigenvalue weighted by Crippen LogP contribution is 2.34. The molecule has 0 aliphatic heterocycles. The lowest BCUT2D eigenvalue weighted by molar-refractivity contribution is -0.115. The minimum atomic E-state index is -0.449. The number of hydrogen-bond acceptors (Lipinski definition) is 5. The predicted octanol–water partition coefficient (Wildman–Crippen LogP) is 5.61. The summed E-state index contributed by atoms with van der Waals surface area (Å²) >= 11 is 20.8. The van der Waals surface area contributed by atoms with Gasteiger partial charge in [0.05, 0.1) is 25.9 Å². The number of nitrogens with zero attached hydrogens (tertiary/aromatic N) is 2. The van der Waals surface area contributed by atoms with Gasteiger partial charge in [0, 0.05) is 5.02 Å². The van der Waals surface area contributed by atoms with Crippen LogP contribution in [0, 0.1) is 0 Å². The molecule has 0 aliphatic carbocycles. The standard InChI is InChI=1S/C15H11Cl3N4OS2/c1-7(14(23)19-12-9(17)5-8(16)6-10(12)18)25-15-20-13(21-22-15)11-3-2-4-24-11/h2-7H,1H3,(H,19,23)(H,20,21,22). The fourth-order valence-electron chi connectivity index (χ4n) is 1.92. The van der Waals surface area contributed by atoms with E-state index in [2.05, 4.69) is 20.5 Å². The largest absolute Gasteiger partial charge is 0.323 e. The van der Waals surface area contributed by atoms with E-state index < -0.39 is 5.25 Å². The molecular weight excluding hydrogens is 423 g/mol. The number of amides is 1. The van der Waals surface area contributed by atoms with Crippen LogP contribution >= 0.6 is 57.9 Å². The first-order valence-electron chi connectivity index (χ1n) is 7.02. The molecule has 2 N–H and O–H groups in total. The van der Waals surface area contributed by atoms with E-state index in [0.29, 0.717) is 21.7 Å². The molecule has 2 heterocycles. The molecule has 0 bridgehead atoms. The Kier molecular flexibility index (Phi) is 5.91. The first-order chi connectivity index (χ1) is 11.9. The molecule has 1 atom stereocenters. The lowest BCUT2D eigenvalue weighted by atomic mass is 10.3. The summed E-state index contributed by atoms with van der Waals surface area (Å²) < 4.78 is 0. The van der Waals surface area contributed by atoms with E-state index in [1.807, 2.05) is 17.5 Å². The number of rotatable bonds is 5. The average Bonchev–Trinajstić information content (AvgIpc) is 3.21. The molecule has 10 heteroatoms. The molecule has 0 radical (unpaired) electrons. The summed E-state index contributed by atoms with van der Waals surface area (Å²) in [6, 6.07) is 6.92. The molecule has 3 rings (SSSR count). The number of nitrogens with one attached hydrogen (secondary N) is 2. The summed E-state index contributed by atoms with van der Waals surface area (Å²) in [5, 5.41) is 12.7. The topological polar surface area (TPSA) is 70.7 Å². The Hall–Kier alpha value is -1.25. The third kappa shape index (κ3) is 4.48. The molecule has 0 aliphatic rings. The van der Waals surface area contributed by atoms with Gasteiger partial charge in [-0.25, -0.2) is 4.98 Å². The van der Waals surface area contributed by atoms with Gasteiger partial charge < -0.3 is 5.32 Å². The first kappa shape index (κ1) is 18.5. The van der Waals surface area contributed by atoms with Crippen LogP contribution in [0.5, 0.6) is 0 Å². The quantitative estimate of drug-likeness (QED) is 0.513. The number of thiophene rings is 1. The molecule has 130 valence electrons. The number of aromatic amines is 1. The van der Waals surface area contributed by atoms with Crippen LogP contribution in [-0.4, -0.2) is 26.3 Å². The van der Waals surface area contributed by atoms with Gasteiger partial charge in [0.25, 0.3) is 0 Å². The van der Waals surface area contributed by atoms with Crippen LogP contribution in [0.2, 0.25) is 15.1 Å². The van der Waals surface area contributed by atoms with Crippen LogP contribution in [0.15, 0.2) is 34.8 Å². The highest BCUT2D eigenvalue weighted by molar-refractivity contribution is 8.00. The number of H-pyrrole nitrogens is 1. The number of benzene rings is 1. The van der Waals surface area contributed by atoms with Crippen LogP contribution in [-0.2, 0) is 4.79 Å². The Balaban J connectivity index is 1.67. The number of aromatic nitrogens is 3. The van der Waals surface area contributed by atoms with E-state index in [1.165, 1.54) is 23.9 Å². The molecule has 0 saturated carbocycles. The van der Waals surface area contributed by atoms with Gasteiger partial charge in [0.15, 0.2) is 5.82 Å². The van der Waals surface area contributed by atoms with Crippen molar-refractivity contribution in [1.82, 2.24) is 15.2 Å². The third-order valence-electron chi connectivity index (χ3n) is 3.13. The van der Waals surface area contributed by atoms with E-state index in [0.717, 1.165) is 4.88 Å². The molecular formula is C15H11Cl3N4OS2. The number of halogens is 3. The number of carbonyl (C=O) groups is 1. The lowest BCUT2D eigenvalue weighted by Gasteiger charge is -2.13. The van der Waals surface area contributed by atoms with Crippen molar-refractivity contribution < 1.29 is 4.79 Å². The van der Waals surface area contributed by atoms with Crippen molar-refractivity contribution >= 4 is 69.5 Å². The van der Waals surface area contributed by atoms with Gasteiger partial charge in [-0.15, -0.1) is 16.4 Å². The number of anilines is 1. The molecule has 25 heavy (non-hydrogen) atoms. The first-order valence-corrected chi connectivity index (χ1v) is 9.91. The number of carbonyl (C=O) groups excluding carboxylic acids is 1. The molecule has 2 aromatic heterocycles. The SMILES string of the molecule is CC(Sc1n[nH]c(-c2cccs2)n1)C(=O)Nc1c(Cl)cc(Cl)cc1Cl. The van der Waals surface area contributed by atoms with Crippen LogP contribution < -0.4 is 5.32 Å². The van der Waals surface area contributed by atoms with Crippen molar-refractivity contribution in [2.24, 2.45) is 0 Å². The van der Waals surface area contributed by atoms with Gasteiger partial charge in [-0.05, 0) is 30.5 Å². The minimum absolute atomic E-state index is 0.265. The van der Waals surface area contributed by atoms with E-state index in [-0.39, 0.29) is 16.0 Å². The maximum Gasteiger partial charge on any atom is 0.237 e. The minimum Gasteiger partial charge on any atom is -0.323 e. The number of hydrogen-bond donors (Lipinski definition) is 2. The highest BCUT2D eigenvalue weighted by Gasteiger charge is 2.20. The fourth-order valence-corrected chi connectivity index (χ4v) is 4.22. The summed E-state index contributed by atoms with van der Waals surface area (Å²) in [4.78, 5) is 17.8. The maximum absolute atomic E-state index is 12.4. The highest BCUT2D eigenvalue weighted by atomic mass is 35.5. The zero-order chi connectivity index (χ0) is 18.0. The van der Waals surface area contributed by atoms with Gasteiger partial charge in [0.1, 0.15) is 0 Å². The molecule has 3 aromatic rings. The van der Waals surface area contributed by atoms with Gasteiger partial charge in [-0.3, -0.25) is 9.89 Å². The summed E-state index contributed by atoms with van der Waals surface area (Å²) in [5.41, 5.74) is 0.333. The van der Waals surface area contributed by atoms with Gasteiger partial charge >= 0.3 is 0 Å². The predicted molar refractivity (Wildman–Crippen MR) is 105 cm³/mol. The Morgan fingerprint density at radius 3 is 2.68 bits per heavy atom. The molecule has 1 aromatic carbocycles. The summed E-state index contributed by atoms with van der Waals surface area (Å²) in [7, 11) is 0. The van der Waals surface area contributed by atoms with Crippen LogP contribution in [0.4, 0.5) is 5.69 Å². The number of thioether (sulfide) groups is 1. The zero-order valence-electron chi connectivity index (χ0n) is 12.7. The van der Waals surface area contributed by atoms with Crippen molar-refractivity contribution in [2.75, 3.05) is 5.32 Å². The second-order valence-corrected chi connectivity index (χ2v) is 8.44. The Morgan fingerprint density at radius 2 is 2.04 bits per heavy atom. The molecule has 0 fully saturated rings. The lowest BCUT2D eigenvalue weighted by Crippen LogP contribution is -2.23. The Labute approximate surface area is 167 Å². The van der Waals surface area contributed by atoms with Crippen molar-refractivity contribution in [2.45, 2.75) is 17.3 Å². The van der Waals surface area contributed by atoms with Gasteiger partial charge in [-0.2, -0.15) is 0 Å². The molecule has 5 nitrogen and oxygen atoms in total. The van der Waals surface area contributed by atoms with Crippen LogP contribution in [0.25, 0.3) is 10.7 Å². The molecule has 0 saturated heterocycles.